The summed E-state index contributed by atoms with van der Waals surface area (Å²) in [6.45, 7) is 3.20. The Morgan fingerprint density at radius 2 is 1.68 bits per heavy atom. The number of aromatic nitrogens is 3. The first-order valence-corrected chi connectivity index (χ1v) is 8.25. The van der Waals surface area contributed by atoms with Gasteiger partial charge in [-0.05, 0) is 18.6 Å². The monoisotopic (exact) mass is 303 g/mol. The van der Waals surface area contributed by atoms with Crippen molar-refractivity contribution in [2.24, 2.45) is 0 Å². The highest BCUT2D eigenvalue weighted by atomic mass is 16.5. The molecule has 0 radical (unpaired) electrons. The molecule has 0 fully saturated rings. The van der Waals surface area contributed by atoms with Gasteiger partial charge in [0.15, 0.2) is 0 Å². The maximum absolute atomic E-state index is 11.7. The summed E-state index contributed by atoms with van der Waals surface area (Å²) >= 11 is 0. The van der Waals surface area contributed by atoms with Gasteiger partial charge in [-0.15, -0.1) is 0 Å². The summed E-state index contributed by atoms with van der Waals surface area (Å²) in [5.41, 5.74) is 1.70. The first kappa shape index (κ1) is 16.5. The molecule has 120 valence electrons. The van der Waals surface area contributed by atoms with Crippen LogP contribution in [-0.4, -0.2) is 27.6 Å². The van der Waals surface area contributed by atoms with E-state index in [4.69, 9.17) is 4.74 Å². The van der Waals surface area contributed by atoms with Crippen LogP contribution in [0.2, 0.25) is 0 Å². The molecule has 5 heteroatoms. The van der Waals surface area contributed by atoms with Crippen LogP contribution in [0.1, 0.15) is 51.9 Å². The minimum Gasteiger partial charge on any atom is -0.466 e. The van der Waals surface area contributed by atoms with Crippen molar-refractivity contribution in [1.82, 2.24) is 15.0 Å². The van der Waals surface area contributed by atoms with Crippen LogP contribution in [0, 0.1) is 0 Å². The van der Waals surface area contributed by atoms with Crippen molar-refractivity contribution in [2.45, 2.75) is 58.4 Å². The number of hydrogen-bond acceptors (Lipinski definition) is 4. The quantitative estimate of drug-likeness (QED) is 0.496. The number of fused-ring (bicyclic) bond motifs is 1. The second-order valence-electron chi connectivity index (χ2n) is 5.52. The van der Waals surface area contributed by atoms with Crippen LogP contribution in [0.3, 0.4) is 0 Å². The molecule has 0 unspecified atom stereocenters. The van der Waals surface area contributed by atoms with Crippen LogP contribution >= 0.6 is 0 Å². The Balaban J connectivity index is 1.59. The molecule has 0 spiro atoms. The highest BCUT2D eigenvalue weighted by Gasteiger charge is 2.06. The Morgan fingerprint density at radius 3 is 2.36 bits per heavy atom. The van der Waals surface area contributed by atoms with Crippen molar-refractivity contribution in [3.63, 3.8) is 0 Å². The number of carbonyl (C=O) groups excluding carboxylic acids is 1. The van der Waals surface area contributed by atoms with Crippen LogP contribution < -0.4 is 0 Å². The van der Waals surface area contributed by atoms with Gasteiger partial charge in [0.1, 0.15) is 11.0 Å². The summed E-state index contributed by atoms with van der Waals surface area (Å²) in [6, 6.07) is 7.68. The third-order valence-electron chi connectivity index (χ3n) is 3.60. The number of ether oxygens (including phenoxy) is 1. The SMILES string of the molecule is CCCCCCCCOC(=O)CCn1nc2ccccc2n1. The number of rotatable bonds is 10. The lowest BCUT2D eigenvalue weighted by Crippen LogP contribution is -2.11. The van der Waals surface area contributed by atoms with E-state index in [1.807, 2.05) is 24.3 Å². The summed E-state index contributed by atoms with van der Waals surface area (Å²) < 4.78 is 5.24. The number of nitrogens with zero attached hydrogens (tertiary/aromatic N) is 3. The molecule has 0 aliphatic rings. The van der Waals surface area contributed by atoms with Crippen molar-refractivity contribution < 1.29 is 9.53 Å². The molecule has 0 saturated heterocycles. The lowest BCUT2D eigenvalue weighted by atomic mass is 10.1. The predicted molar refractivity (Wildman–Crippen MR) is 86.5 cm³/mol. The van der Waals surface area contributed by atoms with E-state index < -0.39 is 0 Å². The molecule has 0 aliphatic carbocycles. The fourth-order valence-corrected chi connectivity index (χ4v) is 2.34. The summed E-state index contributed by atoms with van der Waals surface area (Å²) in [4.78, 5) is 13.2. The number of benzene rings is 1. The molecular formula is C17H25N3O2. The van der Waals surface area contributed by atoms with Crippen LogP contribution in [0.15, 0.2) is 24.3 Å². The molecule has 22 heavy (non-hydrogen) atoms. The van der Waals surface area contributed by atoms with Crippen molar-refractivity contribution >= 4 is 17.0 Å². The topological polar surface area (TPSA) is 57.0 Å². The summed E-state index contributed by atoms with van der Waals surface area (Å²) in [5, 5.41) is 8.64. The lowest BCUT2D eigenvalue weighted by Gasteiger charge is -2.04. The first-order chi connectivity index (χ1) is 10.8. The first-order valence-electron chi connectivity index (χ1n) is 8.25. The minimum atomic E-state index is -0.171. The second kappa shape index (κ2) is 9.18. The zero-order valence-electron chi connectivity index (χ0n) is 13.3. The number of aryl methyl sites for hydroxylation is 1. The van der Waals surface area contributed by atoms with Gasteiger partial charge >= 0.3 is 5.97 Å². The Kier molecular flexibility index (Phi) is 6.87. The highest BCUT2D eigenvalue weighted by molar-refractivity contribution is 5.73. The molecule has 0 saturated carbocycles. The van der Waals surface area contributed by atoms with Gasteiger partial charge in [0.2, 0.25) is 0 Å². The van der Waals surface area contributed by atoms with E-state index in [2.05, 4.69) is 17.1 Å². The number of carbonyl (C=O) groups is 1. The van der Waals surface area contributed by atoms with E-state index in [1.165, 1.54) is 25.7 Å². The normalized spacial score (nSPS) is 11.0. The zero-order chi connectivity index (χ0) is 15.6. The third-order valence-corrected chi connectivity index (χ3v) is 3.60. The van der Waals surface area contributed by atoms with Crippen LogP contribution in [0.25, 0.3) is 11.0 Å². The Bertz CT molecular complexity index is 547. The van der Waals surface area contributed by atoms with Crippen molar-refractivity contribution in [1.29, 1.82) is 0 Å². The second-order valence-corrected chi connectivity index (χ2v) is 5.52. The minimum absolute atomic E-state index is 0.171. The maximum Gasteiger partial charge on any atom is 0.307 e. The summed E-state index contributed by atoms with van der Waals surface area (Å²) in [5.74, 6) is -0.171. The average Bonchev–Trinajstić information content (AvgIpc) is 2.95. The van der Waals surface area contributed by atoms with Gasteiger partial charge in [-0.3, -0.25) is 4.79 Å². The van der Waals surface area contributed by atoms with Gasteiger partial charge in [0.05, 0.1) is 19.6 Å². The van der Waals surface area contributed by atoms with E-state index in [0.717, 1.165) is 23.9 Å². The third kappa shape index (κ3) is 5.47. The summed E-state index contributed by atoms with van der Waals surface area (Å²) in [7, 11) is 0. The standard InChI is InChI=1S/C17H25N3O2/c1-2-3-4-5-6-9-14-22-17(21)12-13-20-18-15-10-7-8-11-16(15)19-20/h7-8,10-11H,2-6,9,12-14H2,1H3. The predicted octanol–water partition coefficient (Wildman–Crippen LogP) is 3.73. The Morgan fingerprint density at radius 1 is 1.05 bits per heavy atom. The molecule has 0 atom stereocenters. The smallest absolute Gasteiger partial charge is 0.307 e. The molecule has 1 heterocycles. The van der Waals surface area contributed by atoms with Gasteiger partial charge in [-0.2, -0.15) is 15.0 Å². The number of hydrogen-bond donors (Lipinski definition) is 0. The molecule has 0 aliphatic heterocycles. The van der Waals surface area contributed by atoms with E-state index >= 15 is 0 Å². The molecule has 2 aromatic rings. The fraction of sp³-hybridized carbons (Fsp3) is 0.588. The molecule has 1 aromatic heterocycles. The zero-order valence-corrected chi connectivity index (χ0v) is 13.3. The van der Waals surface area contributed by atoms with E-state index in [9.17, 15) is 4.79 Å². The highest BCUT2D eigenvalue weighted by Crippen LogP contribution is 2.08. The van der Waals surface area contributed by atoms with E-state index in [1.54, 1.807) is 4.80 Å². The molecule has 0 N–H and O–H groups in total. The van der Waals surface area contributed by atoms with Crippen LogP contribution in [0.5, 0.6) is 0 Å². The molecular weight excluding hydrogens is 278 g/mol. The maximum atomic E-state index is 11.7. The van der Waals surface area contributed by atoms with Crippen LogP contribution in [0.4, 0.5) is 0 Å². The van der Waals surface area contributed by atoms with Crippen molar-refractivity contribution in [3.8, 4) is 0 Å². The van der Waals surface area contributed by atoms with E-state index in [0.29, 0.717) is 19.6 Å². The van der Waals surface area contributed by atoms with E-state index in [-0.39, 0.29) is 5.97 Å². The van der Waals surface area contributed by atoms with Gasteiger partial charge in [-0.1, -0.05) is 51.2 Å². The average molecular weight is 303 g/mol. The number of esters is 1. The van der Waals surface area contributed by atoms with Gasteiger partial charge in [0, 0.05) is 0 Å². The lowest BCUT2D eigenvalue weighted by molar-refractivity contribution is -0.144. The fourth-order valence-electron chi connectivity index (χ4n) is 2.34. The van der Waals surface area contributed by atoms with Gasteiger partial charge < -0.3 is 4.74 Å². The molecule has 5 nitrogen and oxygen atoms in total. The van der Waals surface area contributed by atoms with Crippen molar-refractivity contribution in [3.05, 3.63) is 24.3 Å². The van der Waals surface area contributed by atoms with Gasteiger partial charge in [0.25, 0.3) is 0 Å². The number of unbranched alkanes of at least 4 members (excludes halogenated alkanes) is 5. The largest absolute Gasteiger partial charge is 0.466 e. The Hall–Kier alpha value is -1.91. The van der Waals surface area contributed by atoms with Gasteiger partial charge in [-0.25, -0.2) is 0 Å². The Labute approximate surface area is 131 Å². The molecule has 0 bridgehead atoms. The summed E-state index contributed by atoms with van der Waals surface area (Å²) in [6.07, 6.45) is 7.48. The van der Waals surface area contributed by atoms with Crippen LogP contribution in [-0.2, 0) is 16.1 Å². The van der Waals surface area contributed by atoms with Crippen molar-refractivity contribution in [2.75, 3.05) is 6.61 Å². The molecule has 0 amide bonds. The molecule has 2 rings (SSSR count). The molecule has 1 aromatic carbocycles.